The number of benzene rings is 1. The van der Waals surface area contributed by atoms with Gasteiger partial charge in [0.05, 0.1) is 17.0 Å². The number of thiophene rings is 1. The molecule has 3 aromatic rings. The van der Waals surface area contributed by atoms with Gasteiger partial charge in [0.1, 0.15) is 16.5 Å². The Bertz CT molecular complexity index is 967. The summed E-state index contributed by atoms with van der Waals surface area (Å²) in [6, 6.07) is 9.98. The lowest BCUT2D eigenvalue weighted by atomic mass is 10.1. The monoisotopic (exact) mass is 334 g/mol. The topological polar surface area (TPSA) is 52.8 Å². The van der Waals surface area contributed by atoms with Gasteiger partial charge in [0.25, 0.3) is 0 Å². The number of anilines is 1. The standard InChI is InChI=1S/C19H18N4S/c1-12-21-18(17-15-7-4-8-16(15)24-19(17)22-12)23(2)11-14-6-3-5-13(9-14)10-20/h3,5-6,9H,4,7-8,11H2,1-2H3. The van der Waals surface area contributed by atoms with Crippen LogP contribution in [0, 0.1) is 18.3 Å². The number of aromatic nitrogens is 2. The van der Waals surface area contributed by atoms with Gasteiger partial charge in [0.2, 0.25) is 0 Å². The molecule has 1 aliphatic carbocycles. The van der Waals surface area contributed by atoms with E-state index in [1.165, 1.54) is 28.7 Å². The molecule has 0 radical (unpaired) electrons. The predicted octanol–water partition coefficient (Wildman–Crippen LogP) is 4.00. The van der Waals surface area contributed by atoms with Crippen molar-refractivity contribution in [3.8, 4) is 6.07 Å². The van der Waals surface area contributed by atoms with Crippen LogP contribution in [0.1, 0.15) is 33.8 Å². The number of nitrogens with zero attached hydrogens (tertiary/aromatic N) is 4. The molecule has 120 valence electrons. The van der Waals surface area contributed by atoms with E-state index < -0.39 is 0 Å². The van der Waals surface area contributed by atoms with Gasteiger partial charge in [0.15, 0.2) is 0 Å². The molecule has 0 saturated carbocycles. The van der Waals surface area contributed by atoms with Crippen molar-refractivity contribution in [3.05, 3.63) is 51.7 Å². The summed E-state index contributed by atoms with van der Waals surface area (Å²) in [5, 5.41) is 10.3. The molecule has 1 aliphatic rings. The second kappa shape index (κ2) is 5.88. The first-order valence-corrected chi connectivity index (χ1v) is 8.96. The van der Waals surface area contributed by atoms with E-state index in [9.17, 15) is 0 Å². The molecule has 0 spiro atoms. The normalized spacial score (nSPS) is 13.0. The number of fused-ring (bicyclic) bond motifs is 3. The molecular formula is C19H18N4S. The Balaban J connectivity index is 1.76. The van der Waals surface area contributed by atoms with Crippen LogP contribution in [0.5, 0.6) is 0 Å². The maximum atomic E-state index is 9.09. The highest BCUT2D eigenvalue weighted by Gasteiger charge is 2.23. The molecule has 0 saturated heterocycles. The lowest BCUT2D eigenvalue weighted by Gasteiger charge is -2.20. The van der Waals surface area contributed by atoms with E-state index in [-0.39, 0.29) is 0 Å². The number of rotatable bonds is 3. The van der Waals surface area contributed by atoms with Gasteiger partial charge >= 0.3 is 0 Å². The maximum Gasteiger partial charge on any atom is 0.141 e. The van der Waals surface area contributed by atoms with Crippen molar-refractivity contribution in [1.29, 1.82) is 5.26 Å². The minimum atomic E-state index is 0.696. The number of aryl methyl sites for hydroxylation is 3. The van der Waals surface area contributed by atoms with Crippen molar-refractivity contribution in [3.63, 3.8) is 0 Å². The first kappa shape index (κ1) is 15.1. The molecule has 0 N–H and O–H groups in total. The third kappa shape index (κ3) is 2.53. The van der Waals surface area contributed by atoms with Crippen LogP contribution in [0.2, 0.25) is 0 Å². The summed E-state index contributed by atoms with van der Waals surface area (Å²) in [5.74, 6) is 1.83. The fourth-order valence-electron chi connectivity index (χ4n) is 3.44. The molecule has 4 rings (SSSR count). The van der Waals surface area contributed by atoms with E-state index in [1.54, 1.807) is 0 Å². The smallest absolute Gasteiger partial charge is 0.141 e. The lowest BCUT2D eigenvalue weighted by Crippen LogP contribution is -2.19. The minimum absolute atomic E-state index is 0.696. The van der Waals surface area contributed by atoms with Crippen LogP contribution in [0.3, 0.4) is 0 Å². The molecule has 2 aromatic heterocycles. The average molecular weight is 334 g/mol. The summed E-state index contributed by atoms with van der Waals surface area (Å²) in [6.45, 7) is 2.68. The van der Waals surface area contributed by atoms with Crippen molar-refractivity contribution < 1.29 is 0 Å². The van der Waals surface area contributed by atoms with E-state index in [4.69, 9.17) is 10.2 Å². The molecule has 0 amide bonds. The van der Waals surface area contributed by atoms with E-state index >= 15 is 0 Å². The van der Waals surface area contributed by atoms with Gasteiger partial charge < -0.3 is 4.90 Å². The molecule has 0 atom stereocenters. The SMILES string of the molecule is Cc1nc(N(C)Cc2cccc(C#N)c2)c2c3c(sc2n1)CCC3. The minimum Gasteiger partial charge on any atom is -0.355 e. The lowest BCUT2D eigenvalue weighted by molar-refractivity contribution is 0.887. The van der Waals surface area contributed by atoms with Crippen molar-refractivity contribution in [1.82, 2.24) is 9.97 Å². The Morgan fingerprint density at radius 3 is 3.00 bits per heavy atom. The fraction of sp³-hybridized carbons (Fsp3) is 0.316. The van der Waals surface area contributed by atoms with Crippen LogP contribution in [0.25, 0.3) is 10.2 Å². The summed E-state index contributed by atoms with van der Waals surface area (Å²) in [7, 11) is 2.07. The third-order valence-electron chi connectivity index (χ3n) is 4.49. The van der Waals surface area contributed by atoms with E-state index in [2.05, 4.69) is 29.1 Å². The van der Waals surface area contributed by atoms with Gasteiger partial charge in [-0.3, -0.25) is 0 Å². The van der Waals surface area contributed by atoms with Crippen molar-refractivity contribution >= 4 is 27.4 Å². The van der Waals surface area contributed by atoms with Crippen LogP contribution < -0.4 is 4.90 Å². The molecular weight excluding hydrogens is 316 g/mol. The summed E-state index contributed by atoms with van der Waals surface area (Å²) >= 11 is 1.82. The van der Waals surface area contributed by atoms with E-state index in [0.717, 1.165) is 35.0 Å². The predicted molar refractivity (Wildman–Crippen MR) is 97.4 cm³/mol. The molecule has 0 unspecified atom stereocenters. The largest absolute Gasteiger partial charge is 0.355 e. The van der Waals surface area contributed by atoms with Crippen molar-refractivity contribution in [2.75, 3.05) is 11.9 Å². The van der Waals surface area contributed by atoms with E-state index in [1.807, 2.05) is 36.5 Å². The first-order valence-electron chi connectivity index (χ1n) is 8.15. The first-order chi connectivity index (χ1) is 11.7. The second-order valence-electron chi connectivity index (χ2n) is 6.30. The molecule has 1 aromatic carbocycles. The van der Waals surface area contributed by atoms with Crippen LogP contribution >= 0.6 is 11.3 Å². The van der Waals surface area contributed by atoms with Gasteiger partial charge in [0, 0.05) is 18.5 Å². The number of hydrogen-bond acceptors (Lipinski definition) is 5. The van der Waals surface area contributed by atoms with E-state index in [0.29, 0.717) is 5.56 Å². The molecule has 0 fully saturated rings. The molecule has 24 heavy (non-hydrogen) atoms. The average Bonchev–Trinajstić information content (AvgIpc) is 3.14. The van der Waals surface area contributed by atoms with Crippen molar-refractivity contribution in [2.45, 2.75) is 32.7 Å². The van der Waals surface area contributed by atoms with Crippen LogP contribution in [-0.4, -0.2) is 17.0 Å². The molecule has 0 aliphatic heterocycles. The zero-order valence-electron chi connectivity index (χ0n) is 13.8. The maximum absolute atomic E-state index is 9.09. The second-order valence-corrected chi connectivity index (χ2v) is 7.38. The van der Waals surface area contributed by atoms with Gasteiger partial charge in [-0.25, -0.2) is 9.97 Å². The van der Waals surface area contributed by atoms with Gasteiger partial charge in [-0.2, -0.15) is 5.26 Å². The quantitative estimate of drug-likeness (QED) is 0.726. The highest BCUT2D eigenvalue weighted by molar-refractivity contribution is 7.19. The molecule has 4 nitrogen and oxygen atoms in total. The molecule has 5 heteroatoms. The van der Waals surface area contributed by atoms with Crippen LogP contribution in [-0.2, 0) is 19.4 Å². The van der Waals surface area contributed by atoms with Gasteiger partial charge in [-0.15, -0.1) is 11.3 Å². The molecule has 2 heterocycles. The van der Waals surface area contributed by atoms with Crippen LogP contribution in [0.15, 0.2) is 24.3 Å². The van der Waals surface area contributed by atoms with Crippen LogP contribution in [0.4, 0.5) is 5.82 Å². The third-order valence-corrected chi connectivity index (χ3v) is 5.68. The molecule has 0 bridgehead atoms. The van der Waals surface area contributed by atoms with Crippen molar-refractivity contribution in [2.24, 2.45) is 0 Å². The Labute approximate surface area is 145 Å². The van der Waals surface area contributed by atoms with Gasteiger partial charge in [-0.05, 0) is 49.4 Å². The number of hydrogen-bond donors (Lipinski definition) is 0. The number of nitriles is 1. The zero-order chi connectivity index (χ0) is 16.7. The summed E-state index contributed by atoms with van der Waals surface area (Å²) in [5.41, 5.74) is 3.26. The summed E-state index contributed by atoms with van der Waals surface area (Å²) < 4.78 is 0. The highest BCUT2D eigenvalue weighted by atomic mass is 32.1. The summed E-state index contributed by atoms with van der Waals surface area (Å²) in [6.07, 6.45) is 3.54. The zero-order valence-corrected chi connectivity index (χ0v) is 14.7. The highest BCUT2D eigenvalue weighted by Crippen LogP contribution is 2.40. The summed E-state index contributed by atoms with van der Waals surface area (Å²) in [4.78, 5) is 14.2. The fourth-order valence-corrected chi connectivity index (χ4v) is 4.75. The Morgan fingerprint density at radius 2 is 2.17 bits per heavy atom. The Kier molecular flexibility index (Phi) is 3.70. The Hall–Kier alpha value is -2.45. The Morgan fingerprint density at radius 1 is 1.29 bits per heavy atom. The van der Waals surface area contributed by atoms with Gasteiger partial charge in [-0.1, -0.05) is 12.1 Å².